The molecule has 0 spiro atoms. The number of amides is 1. The van der Waals surface area contributed by atoms with Gasteiger partial charge >= 0.3 is 0 Å². The number of Topliss-reactive ketones (excluding diaryl/α,β-unsaturated/α-hetero) is 1. The molecule has 1 atom stereocenters. The maximum atomic E-state index is 13.1. The minimum absolute atomic E-state index is 0.0676. The van der Waals surface area contributed by atoms with E-state index < -0.39 is 17.7 Å². The summed E-state index contributed by atoms with van der Waals surface area (Å²) in [5.74, 6) is -0.951. The second kappa shape index (κ2) is 9.35. The van der Waals surface area contributed by atoms with Crippen molar-refractivity contribution in [3.63, 3.8) is 0 Å². The van der Waals surface area contributed by atoms with Crippen molar-refractivity contribution in [3.05, 3.63) is 120 Å². The molecule has 160 valence electrons. The zero-order valence-corrected chi connectivity index (χ0v) is 17.5. The summed E-state index contributed by atoms with van der Waals surface area (Å²) < 4.78 is 5.66. The van der Waals surface area contributed by atoms with Crippen molar-refractivity contribution in [3.8, 4) is 5.75 Å². The summed E-state index contributed by atoms with van der Waals surface area (Å²) in [5.41, 5.74) is 2.12. The SMILES string of the molecule is C=CCOc1cccc(C2C(=C(O)c3ccccc3)C(=O)C(=O)N2Cc2ccccc2)c1. The van der Waals surface area contributed by atoms with Gasteiger partial charge in [0.2, 0.25) is 0 Å². The summed E-state index contributed by atoms with van der Waals surface area (Å²) in [7, 11) is 0. The number of aliphatic hydroxyl groups is 1. The first-order chi connectivity index (χ1) is 15.6. The lowest BCUT2D eigenvalue weighted by Crippen LogP contribution is -2.29. The van der Waals surface area contributed by atoms with Crippen LogP contribution in [0.15, 0.2) is 103 Å². The maximum Gasteiger partial charge on any atom is 0.295 e. The van der Waals surface area contributed by atoms with Gasteiger partial charge in [-0.1, -0.05) is 85.5 Å². The Labute approximate surface area is 186 Å². The predicted octanol–water partition coefficient (Wildman–Crippen LogP) is 4.87. The van der Waals surface area contributed by atoms with Gasteiger partial charge in [-0.3, -0.25) is 9.59 Å². The van der Waals surface area contributed by atoms with Gasteiger partial charge in [0.1, 0.15) is 18.1 Å². The van der Waals surface area contributed by atoms with Crippen LogP contribution in [-0.4, -0.2) is 28.3 Å². The van der Waals surface area contributed by atoms with E-state index in [2.05, 4.69) is 6.58 Å². The van der Waals surface area contributed by atoms with Gasteiger partial charge in [0.05, 0.1) is 11.6 Å². The monoisotopic (exact) mass is 425 g/mol. The van der Waals surface area contributed by atoms with Crippen LogP contribution in [0.3, 0.4) is 0 Å². The molecule has 1 amide bonds. The fourth-order valence-corrected chi connectivity index (χ4v) is 3.85. The highest BCUT2D eigenvalue weighted by atomic mass is 16.5. The highest BCUT2D eigenvalue weighted by Gasteiger charge is 2.46. The number of rotatable bonds is 7. The van der Waals surface area contributed by atoms with E-state index in [0.29, 0.717) is 23.5 Å². The lowest BCUT2D eigenvalue weighted by molar-refractivity contribution is -0.140. The smallest absolute Gasteiger partial charge is 0.295 e. The first-order valence-electron chi connectivity index (χ1n) is 10.3. The average molecular weight is 425 g/mol. The summed E-state index contributed by atoms with van der Waals surface area (Å²) in [6.07, 6.45) is 1.64. The van der Waals surface area contributed by atoms with Gasteiger partial charge in [-0.05, 0) is 23.3 Å². The number of carbonyl (C=O) groups is 2. The Morgan fingerprint density at radius 3 is 2.34 bits per heavy atom. The van der Waals surface area contributed by atoms with Crippen LogP contribution >= 0.6 is 0 Å². The molecule has 0 radical (unpaired) electrons. The van der Waals surface area contributed by atoms with Crippen LogP contribution in [0, 0.1) is 0 Å². The van der Waals surface area contributed by atoms with Crippen LogP contribution in [-0.2, 0) is 16.1 Å². The third kappa shape index (κ3) is 4.18. The van der Waals surface area contributed by atoms with Gasteiger partial charge in [0.15, 0.2) is 0 Å². The van der Waals surface area contributed by atoms with E-state index in [1.807, 2.05) is 42.5 Å². The van der Waals surface area contributed by atoms with Crippen molar-refractivity contribution in [1.82, 2.24) is 4.90 Å². The number of nitrogens with zero attached hydrogens (tertiary/aromatic N) is 1. The van der Waals surface area contributed by atoms with Gasteiger partial charge in [-0.15, -0.1) is 0 Å². The standard InChI is InChI=1S/C27H23NO4/c1-2-16-32-22-15-9-14-21(17-22)24-23(25(29)20-12-7-4-8-13-20)26(30)27(31)28(24)18-19-10-5-3-6-11-19/h2-15,17,24,29H,1,16,18H2. The van der Waals surface area contributed by atoms with E-state index in [1.54, 1.807) is 48.5 Å². The minimum atomic E-state index is -0.748. The van der Waals surface area contributed by atoms with E-state index >= 15 is 0 Å². The van der Waals surface area contributed by atoms with Gasteiger partial charge < -0.3 is 14.7 Å². The van der Waals surface area contributed by atoms with E-state index in [-0.39, 0.29) is 17.9 Å². The third-order valence-corrected chi connectivity index (χ3v) is 5.32. The van der Waals surface area contributed by atoms with Gasteiger partial charge in [-0.25, -0.2) is 0 Å². The molecule has 0 saturated carbocycles. The Balaban J connectivity index is 1.84. The molecule has 1 aliphatic heterocycles. The van der Waals surface area contributed by atoms with E-state index in [9.17, 15) is 14.7 Å². The zero-order chi connectivity index (χ0) is 22.5. The Bertz CT molecular complexity index is 1170. The van der Waals surface area contributed by atoms with Crippen LogP contribution in [0.1, 0.15) is 22.7 Å². The van der Waals surface area contributed by atoms with Crippen molar-refractivity contribution in [1.29, 1.82) is 0 Å². The van der Waals surface area contributed by atoms with Crippen molar-refractivity contribution >= 4 is 17.4 Å². The molecule has 0 aliphatic carbocycles. The molecule has 1 N–H and O–H groups in total. The summed E-state index contributed by atoms with van der Waals surface area (Å²) >= 11 is 0. The number of hydrogen-bond acceptors (Lipinski definition) is 4. The Morgan fingerprint density at radius 1 is 0.969 bits per heavy atom. The van der Waals surface area contributed by atoms with E-state index in [1.165, 1.54) is 4.90 Å². The molecule has 3 aromatic rings. The molecule has 0 bridgehead atoms. The molecular formula is C27H23NO4. The Morgan fingerprint density at radius 2 is 1.66 bits per heavy atom. The zero-order valence-electron chi connectivity index (χ0n) is 17.5. The Hall–Kier alpha value is -4.12. The molecule has 4 rings (SSSR count). The lowest BCUT2D eigenvalue weighted by atomic mass is 9.95. The molecule has 0 aromatic heterocycles. The van der Waals surface area contributed by atoms with Gasteiger partial charge in [0.25, 0.3) is 11.7 Å². The van der Waals surface area contributed by atoms with Crippen LogP contribution < -0.4 is 4.74 Å². The molecule has 1 unspecified atom stereocenters. The summed E-state index contributed by atoms with van der Waals surface area (Å²) in [6, 6.07) is 24.7. The molecule has 1 saturated heterocycles. The normalized spacial score (nSPS) is 17.4. The van der Waals surface area contributed by atoms with E-state index in [4.69, 9.17) is 4.74 Å². The second-order valence-electron chi connectivity index (χ2n) is 7.45. The average Bonchev–Trinajstić information content (AvgIpc) is 3.08. The first kappa shape index (κ1) is 21.1. The van der Waals surface area contributed by atoms with Crippen molar-refractivity contribution in [2.24, 2.45) is 0 Å². The van der Waals surface area contributed by atoms with Gasteiger partial charge in [0, 0.05) is 12.1 Å². The summed E-state index contributed by atoms with van der Waals surface area (Å²) in [4.78, 5) is 27.7. The molecule has 1 fully saturated rings. The molecule has 1 heterocycles. The van der Waals surface area contributed by atoms with Crippen LogP contribution in [0.4, 0.5) is 0 Å². The van der Waals surface area contributed by atoms with Gasteiger partial charge in [-0.2, -0.15) is 0 Å². The molecule has 5 heteroatoms. The lowest BCUT2D eigenvalue weighted by Gasteiger charge is -2.26. The predicted molar refractivity (Wildman–Crippen MR) is 123 cm³/mol. The number of benzene rings is 3. The molecule has 3 aromatic carbocycles. The van der Waals surface area contributed by atoms with Crippen LogP contribution in [0.25, 0.3) is 5.76 Å². The maximum absolute atomic E-state index is 13.1. The quantitative estimate of drug-likeness (QED) is 0.254. The molecule has 32 heavy (non-hydrogen) atoms. The summed E-state index contributed by atoms with van der Waals surface area (Å²) in [6.45, 7) is 4.23. The molecule has 1 aliphatic rings. The second-order valence-corrected chi connectivity index (χ2v) is 7.45. The van der Waals surface area contributed by atoms with Crippen LogP contribution in [0.5, 0.6) is 5.75 Å². The molecule has 5 nitrogen and oxygen atoms in total. The van der Waals surface area contributed by atoms with Crippen molar-refractivity contribution < 1.29 is 19.4 Å². The number of carbonyl (C=O) groups excluding carboxylic acids is 2. The summed E-state index contributed by atoms with van der Waals surface area (Å²) in [5, 5.41) is 11.1. The third-order valence-electron chi connectivity index (χ3n) is 5.32. The van der Waals surface area contributed by atoms with Crippen LogP contribution in [0.2, 0.25) is 0 Å². The number of ketones is 1. The number of aliphatic hydroxyl groups excluding tert-OH is 1. The largest absolute Gasteiger partial charge is 0.507 e. The Kier molecular flexibility index (Phi) is 6.17. The number of hydrogen-bond donors (Lipinski definition) is 1. The number of ether oxygens (including phenoxy) is 1. The topological polar surface area (TPSA) is 66.8 Å². The minimum Gasteiger partial charge on any atom is -0.507 e. The highest BCUT2D eigenvalue weighted by Crippen LogP contribution is 2.41. The first-order valence-corrected chi connectivity index (χ1v) is 10.3. The number of likely N-dealkylation sites (tertiary alicyclic amines) is 1. The molecular weight excluding hydrogens is 402 g/mol. The van der Waals surface area contributed by atoms with Crippen molar-refractivity contribution in [2.75, 3.05) is 6.61 Å². The highest BCUT2D eigenvalue weighted by molar-refractivity contribution is 6.46. The fourth-order valence-electron chi connectivity index (χ4n) is 3.85. The van der Waals surface area contributed by atoms with Crippen molar-refractivity contribution in [2.45, 2.75) is 12.6 Å². The fraction of sp³-hybridized carbons (Fsp3) is 0.111. The van der Waals surface area contributed by atoms with E-state index in [0.717, 1.165) is 5.56 Å².